The average Bonchev–Trinajstić information content (AvgIpc) is 2.82. The predicted octanol–water partition coefficient (Wildman–Crippen LogP) is 0.923. The number of amides is 1. The van der Waals surface area contributed by atoms with Crippen LogP contribution in [0.4, 0.5) is 5.69 Å². The summed E-state index contributed by atoms with van der Waals surface area (Å²) in [6, 6.07) is 8.33. The van der Waals surface area contributed by atoms with Crippen molar-refractivity contribution in [3.05, 3.63) is 29.8 Å². The van der Waals surface area contributed by atoms with E-state index < -0.39 is 0 Å². The van der Waals surface area contributed by atoms with Crippen LogP contribution in [0.15, 0.2) is 24.3 Å². The highest BCUT2D eigenvalue weighted by Crippen LogP contribution is 2.34. The summed E-state index contributed by atoms with van der Waals surface area (Å²) < 4.78 is 0. The summed E-state index contributed by atoms with van der Waals surface area (Å²) >= 11 is 0. The average molecular weight is 202 g/mol. The highest BCUT2D eigenvalue weighted by atomic mass is 16.2. The van der Waals surface area contributed by atoms with E-state index in [1.54, 1.807) is 0 Å². The minimum absolute atomic E-state index is 0.218. The third kappa shape index (κ3) is 1.43. The first kappa shape index (κ1) is 8.92. The minimum atomic E-state index is 0.218. The van der Waals surface area contributed by atoms with Gasteiger partial charge in [-0.25, -0.2) is 0 Å². The first-order valence-corrected chi connectivity index (χ1v) is 5.39. The Hall–Kier alpha value is -1.35. The van der Waals surface area contributed by atoms with Gasteiger partial charge in [0.2, 0.25) is 5.91 Å². The second-order valence-electron chi connectivity index (χ2n) is 4.47. The Morgan fingerprint density at radius 1 is 1.40 bits per heavy atom. The fraction of sp³-hybridized carbons (Fsp3) is 0.417. The zero-order valence-corrected chi connectivity index (χ0v) is 8.52. The Morgan fingerprint density at radius 2 is 2.13 bits per heavy atom. The van der Waals surface area contributed by atoms with E-state index >= 15 is 0 Å². The van der Waals surface area contributed by atoms with Crippen molar-refractivity contribution in [2.24, 2.45) is 11.7 Å². The molecule has 1 fully saturated rings. The molecule has 3 rings (SSSR count). The maximum absolute atomic E-state index is 11.8. The van der Waals surface area contributed by atoms with Crippen LogP contribution in [0, 0.1) is 5.92 Å². The molecule has 78 valence electrons. The molecule has 0 radical (unpaired) electrons. The number of nitrogens with zero attached hydrogens (tertiary/aromatic N) is 1. The van der Waals surface area contributed by atoms with Crippen LogP contribution >= 0.6 is 0 Å². The maximum atomic E-state index is 11.8. The molecule has 1 saturated carbocycles. The zero-order chi connectivity index (χ0) is 10.4. The van der Waals surface area contributed by atoms with Gasteiger partial charge in [0, 0.05) is 18.3 Å². The lowest BCUT2D eigenvalue weighted by Gasteiger charge is -2.16. The van der Waals surface area contributed by atoms with Crippen LogP contribution in [-0.2, 0) is 11.2 Å². The van der Waals surface area contributed by atoms with E-state index in [-0.39, 0.29) is 5.91 Å². The van der Waals surface area contributed by atoms with Gasteiger partial charge >= 0.3 is 0 Å². The Labute approximate surface area is 88.9 Å². The molecule has 2 N–H and O–H groups in total. The lowest BCUT2D eigenvalue weighted by molar-refractivity contribution is -0.117. The van der Waals surface area contributed by atoms with Gasteiger partial charge < -0.3 is 10.6 Å². The number of carbonyl (C=O) groups is 1. The Bertz CT molecular complexity index is 416. The monoisotopic (exact) mass is 202 g/mol. The van der Waals surface area contributed by atoms with E-state index in [1.165, 1.54) is 0 Å². The van der Waals surface area contributed by atoms with Crippen molar-refractivity contribution >= 4 is 11.6 Å². The first-order valence-electron chi connectivity index (χ1n) is 5.39. The van der Waals surface area contributed by atoms with E-state index in [0.29, 0.717) is 18.4 Å². The Kier molecular flexibility index (Phi) is 1.83. The molecule has 2 atom stereocenters. The number of fused-ring (bicyclic) bond motifs is 1. The number of carbonyl (C=O) groups excluding carboxylic acids is 1. The minimum Gasteiger partial charge on any atom is -0.327 e. The SMILES string of the molecule is N[C@@H]1C[C@@H]1CN1C(=O)Cc2ccccc21. The van der Waals surface area contributed by atoms with Gasteiger partial charge in [0.15, 0.2) is 0 Å². The molecule has 0 unspecified atom stereocenters. The summed E-state index contributed by atoms with van der Waals surface area (Å²) in [4.78, 5) is 13.7. The molecule has 3 heteroatoms. The van der Waals surface area contributed by atoms with Crippen LogP contribution < -0.4 is 10.6 Å². The fourth-order valence-electron chi connectivity index (χ4n) is 2.23. The van der Waals surface area contributed by atoms with Gasteiger partial charge in [-0.15, -0.1) is 0 Å². The van der Waals surface area contributed by atoms with Crippen molar-refractivity contribution < 1.29 is 4.79 Å². The summed E-state index contributed by atoms with van der Waals surface area (Å²) in [5.41, 5.74) is 8.01. The van der Waals surface area contributed by atoms with Crippen molar-refractivity contribution in [3.63, 3.8) is 0 Å². The lowest BCUT2D eigenvalue weighted by Crippen LogP contribution is -2.30. The standard InChI is InChI=1S/C12H14N2O/c13-10-5-9(10)7-14-11-4-2-1-3-8(11)6-12(14)15/h1-4,9-10H,5-7,13H2/t9-,10-/m1/s1. The first-order chi connectivity index (χ1) is 7.25. The number of anilines is 1. The third-order valence-corrected chi connectivity index (χ3v) is 3.32. The van der Waals surface area contributed by atoms with Gasteiger partial charge in [0.25, 0.3) is 0 Å². The zero-order valence-electron chi connectivity index (χ0n) is 8.52. The summed E-state index contributed by atoms with van der Waals surface area (Å²) in [6.45, 7) is 0.803. The van der Waals surface area contributed by atoms with E-state index in [2.05, 4.69) is 0 Å². The summed E-state index contributed by atoms with van der Waals surface area (Å²) in [6.07, 6.45) is 1.62. The predicted molar refractivity (Wildman–Crippen MR) is 58.6 cm³/mol. The largest absolute Gasteiger partial charge is 0.327 e. The molecular weight excluding hydrogens is 188 g/mol. The molecule has 3 nitrogen and oxygen atoms in total. The fourth-order valence-corrected chi connectivity index (χ4v) is 2.23. The van der Waals surface area contributed by atoms with E-state index in [1.807, 2.05) is 29.2 Å². The van der Waals surface area contributed by atoms with Gasteiger partial charge in [0.05, 0.1) is 6.42 Å². The number of benzene rings is 1. The molecule has 0 aromatic heterocycles. The molecule has 1 aliphatic heterocycles. The Balaban J connectivity index is 1.86. The van der Waals surface area contributed by atoms with Crippen LogP contribution in [0.25, 0.3) is 0 Å². The highest BCUT2D eigenvalue weighted by Gasteiger charge is 2.38. The second kappa shape index (κ2) is 3.07. The molecule has 0 saturated heterocycles. The van der Waals surface area contributed by atoms with Gasteiger partial charge in [-0.3, -0.25) is 4.79 Å². The number of hydrogen-bond donors (Lipinski definition) is 1. The normalized spacial score (nSPS) is 28.1. The topological polar surface area (TPSA) is 46.3 Å². The number of para-hydroxylation sites is 1. The lowest BCUT2D eigenvalue weighted by atomic mass is 10.2. The number of hydrogen-bond acceptors (Lipinski definition) is 2. The van der Waals surface area contributed by atoms with Crippen LogP contribution in [0.1, 0.15) is 12.0 Å². The molecule has 15 heavy (non-hydrogen) atoms. The smallest absolute Gasteiger partial charge is 0.231 e. The molecule has 0 spiro atoms. The summed E-state index contributed by atoms with van der Waals surface area (Å²) in [7, 11) is 0. The van der Waals surface area contributed by atoms with Gasteiger partial charge in [-0.1, -0.05) is 18.2 Å². The molecule has 1 aromatic rings. The molecule has 1 heterocycles. The highest BCUT2D eigenvalue weighted by molar-refractivity contribution is 6.01. The van der Waals surface area contributed by atoms with Crippen molar-refractivity contribution in [2.75, 3.05) is 11.4 Å². The maximum Gasteiger partial charge on any atom is 0.231 e. The number of nitrogens with two attached hydrogens (primary N) is 1. The summed E-state index contributed by atoms with van der Waals surface area (Å²) in [5.74, 6) is 0.732. The van der Waals surface area contributed by atoms with E-state index in [0.717, 1.165) is 24.2 Å². The molecular formula is C12H14N2O. The molecule has 1 aromatic carbocycles. The van der Waals surface area contributed by atoms with Crippen molar-refractivity contribution in [1.29, 1.82) is 0 Å². The van der Waals surface area contributed by atoms with Crippen molar-refractivity contribution in [3.8, 4) is 0 Å². The Morgan fingerprint density at radius 3 is 2.87 bits per heavy atom. The quantitative estimate of drug-likeness (QED) is 0.775. The van der Waals surface area contributed by atoms with Crippen LogP contribution in [0.2, 0.25) is 0 Å². The molecule has 2 aliphatic rings. The van der Waals surface area contributed by atoms with Gasteiger partial charge in [-0.05, 0) is 24.0 Å². The van der Waals surface area contributed by atoms with Gasteiger partial charge in [-0.2, -0.15) is 0 Å². The van der Waals surface area contributed by atoms with E-state index in [4.69, 9.17) is 5.73 Å². The third-order valence-electron chi connectivity index (χ3n) is 3.32. The van der Waals surface area contributed by atoms with Crippen LogP contribution in [0.5, 0.6) is 0 Å². The molecule has 1 aliphatic carbocycles. The number of rotatable bonds is 2. The van der Waals surface area contributed by atoms with Crippen molar-refractivity contribution in [1.82, 2.24) is 0 Å². The van der Waals surface area contributed by atoms with Crippen molar-refractivity contribution in [2.45, 2.75) is 18.9 Å². The van der Waals surface area contributed by atoms with Crippen LogP contribution in [-0.4, -0.2) is 18.5 Å². The molecule has 1 amide bonds. The van der Waals surface area contributed by atoms with Gasteiger partial charge in [0.1, 0.15) is 0 Å². The summed E-state index contributed by atoms with van der Waals surface area (Å²) in [5, 5.41) is 0. The van der Waals surface area contributed by atoms with Crippen LogP contribution in [0.3, 0.4) is 0 Å². The second-order valence-corrected chi connectivity index (χ2v) is 4.47. The molecule has 0 bridgehead atoms. The van der Waals surface area contributed by atoms with E-state index in [9.17, 15) is 4.79 Å².